The van der Waals surface area contributed by atoms with Crippen molar-refractivity contribution in [2.75, 3.05) is 19.0 Å². The number of nitrogens with zero attached hydrogens (tertiary/aromatic N) is 4. The van der Waals surface area contributed by atoms with E-state index in [1.54, 1.807) is 17.9 Å². The van der Waals surface area contributed by atoms with Crippen LogP contribution in [0.2, 0.25) is 0 Å². The van der Waals surface area contributed by atoms with E-state index in [-0.39, 0.29) is 0 Å². The Morgan fingerprint density at radius 2 is 2.10 bits per heavy atom. The van der Waals surface area contributed by atoms with E-state index in [0.717, 1.165) is 24.5 Å². The lowest BCUT2D eigenvalue weighted by Crippen LogP contribution is -2.07. The number of aryl methyl sites for hydroxylation is 2. The molecule has 0 saturated carbocycles. The van der Waals surface area contributed by atoms with Crippen LogP contribution < -0.4 is 10.1 Å². The Kier molecular flexibility index (Phi) is 5.10. The highest BCUT2D eigenvalue weighted by molar-refractivity contribution is 5.39. The molecule has 0 radical (unpaired) electrons. The molecule has 7 heteroatoms. The number of hydrogen-bond acceptors (Lipinski definition) is 6. The molecule has 21 heavy (non-hydrogen) atoms. The maximum absolute atomic E-state index is 5.79. The zero-order valence-corrected chi connectivity index (χ0v) is 12.9. The summed E-state index contributed by atoms with van der Waals surface area (Å²) >= 11 is 0. The minimum absolute atomic E-state index is 0.336. The van der Waals surface area contributed by atoms with Crippen molar-refractivity contribution < 1.29 is 9.47 Å². The summed E-state index contributed by atoms with van der Waals surface area (Å²) in [5, 5.41) is 7.48. The predicted octanol–water partition coefficient (Wildman–Crippen LogP) is 2.28. The van der Waals surface area contributed by atoms with E-state index in [4.69, 9.17) is 9.47 Å². The molecule has 2 rings (SSSR count). The van der Waals surface area contributed by atoms with Gasteiger partial charge in [0.1, 0.15) is 12.4 Å². The molecule has 2 heterocycles. The number of methoxy groups -OCH3 is 1. The maximum Gasteiger partial charge on any atom is 0.226 e. The molecule has 0 aliphatic rings. The molecule has 0 atom stereocenters. The minimum Gasteiger partial charge on any atom is -0.421 e. The SMILES string of the molecule is CCCNc1cc(Oc2cc(C)nn2C)nc(COC)n1. The fraction of sp³-hybridized carbons (Fsp3) is 0.500. The van der Waals surface area contributed by atoms with Crippen LogP contribution in [0.1, 0.15) is 24.9 Å². The standard InChI is InChI=1S/C14H21N5O2/c1-5-6-15-11-8-13(17-12(16-11)9-20-4)21-14-7-10(2)18-19(14)3/h7-8H,5-6,9H2,1-4H3,(H,15,16,17). The van der Waals surface area contributed by atoms with Crippen molar-refractivity contribution in [1.29, 1.82) is 0 Å². The van der Waals surface area contributed by atoms with Gasteiger partial charge in [0.25, 0.3) is 0 Å². The number of hydrogen-bond donors (Lipinski definition) is 1. The minimum atomic E-state index is 0.336. The number of ether oxygens (including phenoxy) is 2. The van der Waals surface area contributed by atoms with Crippen LogP contribution >= 0.6 is 0 Å². The Morgan fingerprint density at radius 3 is 2.71 bits per heavy atom. The first-order valence-corrected chi connectivity index (χ1v) is 6.91. The number of rotatable bonds is 7. The zero-order valence-electron chi connectivity index (χ0n) is 12.9. The number of anilines is 1. The van der Waals surface area contributed by atoms with E-state index in [2.05, 4.69) is 27.3 Å². The summed E-state index contributed by atoms with van der Waals surface area (Å²) in [5.74, 6) is 2.41. The van der Waals surface area contributed by atoms with E-state index in [0.29, 0.717) is 24.2 Å². The van der Waals surface area contributed by atoms with Crippen molar-refractivity contribution in [3.63, 3.8) is 0 Å². The normalized spacial score (nSPS) is 10.7. The maximum atomic E-state index is 5.79. The molecule has 7 nitrogen and oxygen atoms in total. The van der Waals surface area contributed by atoms with E-state index in [1.807, 2.05) is 20.0 Å². The zero-order chi connectivity index (χ0) is 15.2. The molecular weight excluding hydrogens is 270 g/mol. The third-order valence-corrected chi connectivity index (χ3v) is 2.75. The first kappa shape index (κ1) is 15.2. The third-order valence-electron chi connectivity index (χ3n) is 2.75. The van der Waals surface area contributed by atoms with Gasteiger partial charge in [-0.05, 0) is 13.3 Å². The van der Waals surface area contributed by atoms with Crippen molar-refractivity contribution >= 4 is 5.82 Å². The molecule has 0 aliphatic carbocycles. The molecule has 2 aromatic rings. The van der Waals surface area contributed by atoms with E-state index in [9.17, 15) is 0 Å². The number of aromatic nitrogens is 4. The van der Waals surface area contributed by atoms with E-state index >= 15 is 0 Å². The fourth-order valence-corrected chi connectivity index (χ4v) is 1.85. The van der Waals surface area contributed by atoms with Crippen LogP contribution in [0.5, 0.6) is 11.8 Å². The lowest BCUT2D eigenvalue weighted by atomic mass is 10.4. The molecular formula is C14H21N5O2. The predicted molar refractivity (Wildman–Crippen MR) is 79.5 cm³/mol. The summed E-state index contributed by atoms with van der Waals surface area (Å²) in [4.78, 5) is 8.72. The summed E-state index contributed by atoms with van der Waals surface area (Å²) in [6.45, 7) is 5.19. The monoisotopic (exact) mass is 291 g/mol. The third kappa shape index (κ3) is 4.16. The Bertz CT molecular complexity index is 597. The van der Waals surface area contributed by atoms with Crippen LogP contribution in [0.25, 0.3) is 0 Å². The van der Waals surface area contributed by atoms with Crippen molar-refractivity contribution in [3.8, 4) is 11.8 Å². The molecule has 114 valence electrons. The molecule has 0 aliphatic heterocycles. The van der Waals surface area contributed by atoms with Gasteiger partial charge in [0.15, 0.2) is 5.82 Å². The molecule has 0 unspecified atom stereocenters. The Labute approximate surface area is 124 Å². The molecule has 2 aromatic heterocycles. The van der Waals surface area contributed by atoms with Gasteiger partial charge in [0.2, 0.25) is 11.8 Å². The average Bonchev–Trinajstić information content (AvgIpc) is 2.75. The van der Waals surface area contributed by atoms with Gasteiger partial charge in [-0.3, -0.25) is 0 Å². The van der Waals surface area contributed by atoms with Gasteiger partial charge in [-0.15, -0.1) is 0 Å². The largest absolute Gasteiger partial charge is 0.421 e. The highest BCUT2D eigenvalue weighted by atomic mass is 16.5. The Balaban J connectivity index is 2.24. The lowest BCUT2D eigenvalue weighted by Gasteiger charge is -2.10. The fourth-order valence-electron chi connectivity index (χ4n) is 1.85. The van der Waals surface area contributed by atoms with Gasteiger partial charge in [-0.1, -0.05) is 6.92 Å². The smallest absolute Gasteiger partial charge is 0.226 e. The molecule has 0 amide bonds. The van der Waals surface area contributed by atoms with Gasteiger partial charge in [0.05, 0.1) is 5.69 Å². The summed E-state index contributed by atoms with van der Waals surface area (Å²) < 4.78 is 12.6. The van der Waals surface area contributed by atoms with Crippen molar-refractivity contribution in [2.45, 2.75) is 26.9 Å². The number of nitrogens with one attached hydrogen (secondary N) is 1. The topological polar surface area (TPSA) is 74.1 Å². The Hall–Kier alpha value is -2.15. The highest BCUT2D eigenvalue weighted by Crippen LogP contribution is 2.22. The second kappa shape index (κ2) is 7.03. The summed E-state index contributed by atoms with van der Waals surface area (Å²) in [7, 11) is 3.44. The highest BCUT2D eigenvalue weighted by Gasteiger charge is 2.09. The van der Waals surface area contributed by atoms with E-state index < -0.39 is 0 Å². The van der Waals surface area contributed by atoms with Crippen LogP contribution in [0.4, 0.5) is 5.82 Å². The lowest BCUT2D eigenvalue weighted by molar-refractivity contribution is 0.177. The van der Waals surface area contributed by atoms with Crippen LogP contribution in [0.3, 0.4) is 0 Å². The van der Waals surface area contributed by atoms with Gasteiger partial charge in [-0.2, -0.15) is 10.1 Å². The summed E-state index contributed by atoms with van der Waals surface area (Å²) in [6.07, 6.45) is 1.01. The van der Waals surface area contributed by atoms with Gasteiger partial charge in [0, 0.05) is 32.8 Å². The van der Waals surface area contributed by atoms with Gasteiger partial charge in [-0.25, -0.2) is 9.67 Å². The molecule has 0 saturated heterocycles. The second-order valence-corrected chi connectivity index (χ2v) is 4.72. The first-order chi connectivity index (χ1) is 10.1. The van der Waals surface area contributed by atoms with Crippen molar-refractivity contribution in [2.24, 2.45) is 7.05 Å². The Morgan fingerprint density at radius 1 is 1.29 bits per heavy atom. The molecule has 0 aromatic carbocycles. The van der Waals surface area contributed by atoms with Crippen LogP contribution in [0, 0.1) is 6.92 Å². The molecule has 0 fully saturated rings. The van der Waals surface area contributed by atoms with Gasteiger partial charge < -0.3 is 14.8 Å². The summed E-state index contributed by atoms with van der Waals surface area (Å²) in [5.41, 5.74) is 0.892. The average molecular weight is 291 g/mol. The second-order valence-electron chi connectivity index (χ2n) is 4.72. The quantitative estimate of drug-likeness (QED) is 0.843. The van der Waals surface area contributed by atoms with Crippen LogP contribution in [-0.4, -0.2) is 33.4 Å². The van der Waals surface area contributed by atoms with E-state index in [1.165, 1.54) is 0 Å². The van der Waals surface area contributed by atoms with Crippen LogP contribution in [-0.2, 0) is 18.4 Å². The van der Waals surface area contributed by atoms with Crippen molar-refractivity contribution in [1.82, 2.24) is 19.7 Å². The molecule has 1 N–H and O–H groups in total. The summed E-state index contributed by atoms with van der Waals surface area (Å²) in [6, 6.07) is 3.63. The first-order valence-electron chi connectivity index (χ1n) is 6.91. The van der Waals surface area contributed by atoms with Crippen molar-refractivity contribution in [3.05, 3.63) is 23.7 Å². The molecule has 0 spiro atoms. The van der Waals surface area contributed by atoms with Gasteiger partial charge >= 0.3 is 0 Å². The van der Waals surface area contributed by atoms with Crippen LogP contribution in [0.15, 0.2) is 12.1 Å². The molecule has 0 bridgehead atoms.